The van der Waals surface area contributed by atoms with Gasteiger partial charge in [0.25, 0.3) is 0 Å². The molecule has 0 saturated carbocycles. The Labute approximate surface area is 141 Å². The topological polar surface area (TPSA) is 57.5 Å². The van der Waals surface area contributed by atoms with Crippen molar-refractivity contribution in [1.29, 1.82) is 0 Å². The first-order valence-electron chi connectivity index (χ1n) is 8.66. The molecule has 1 unspecified atom stereocenters. The highest BCUT2D eigenvalue weighted by Crippen LogP contribution is 2.02. The largest absolute Gasteiger partial charge is 0.481 e. The summed E-state index contributed by atoms with van der Waals surface area (Å²) < 4.78 is 0. The summed E-state index contributed by atoms with van der Waals surface area (Å²) in [7, 11) is 0. The van der Waals surface area contributed by atoms with Gasteiger partial charge in [0.05, 0.1) is 12.5 Å². The number of unbranched alkanes of at least 4 members (excludes halogenated alkanes) is 3. The van der Waals surface area contributed by atoms with Crippen molar-refractivity contribution in [2.24, 2.45) is 0 Å². The molecule has 0 amide bonds. The molecule has 0 aromatic heterocycles. The van der Waals surface area contributed by atoms with Gasteiger partial charge in [-0.05, 0) is 38.5 Å². The summed E-state index contributed by atoms with van der Waals surface area (Å²) in [6, 6.07) is 0. The van der Waals surface area contributed by atoms with Crippen molar-refractivity contribution in [3.05, 3.63) is 48.6 Å². The van der Waals surface area contributed by atoms with Gasteiger partial charge < -0.3 is 10.2 Å². The number of carboxylic acid groups (broad SMARTS) is 1. The quantitative estimate of drug-likeness (QED) is 0.342. The first-order chi connectivity index (χ1) is 11.2. The maximum absolute atomic E-state index is 10.4. The second-order valence-corrected chi connectivity index (χ2v) is 5.58. The Hall–Kier alpha value is -1.61. The molecule has 3 heteroatoms. The van der Waals surface area contributed by atoms with Crippen LogP contribution in [0.5, 0.6) is 0 Å². The average molecular weight is 320 g/mol. The minimum Gasteiger partial charge on any atom is -0.481 e. The Morgan fingerprint density at radius 2 is 1.39 bits per heavy atom. The minimum atomic E-state index is -0.964. The fraction of sp³-hybridized carbons (Fsp3) is 0.550. The predicted molar refractivity (Wildman–Crippen MR) is 97.4 cm³/mol. The third-order valence-electron chi connectivity index (χ3n) is 3.28. The number of rotatable bonds is 14. The molecule has 0 radical (unpaired) electrons. The highest BCUT2D eigenvalue weighted by atomic mass is 16.4. The van der Waals surface area contributed by atoms with Crippen LogP contribution in [0.15, 0.2) is 48.6 Å². The molecule has 3 nitrogen and oxygen atoms in total. The van der Waals surface area contributed by atoms with E-state index in [0.717, 1.165) is 19.3 Å². The van der Waals surface area contributed by atoms with E-state index in [4.69, 9.17) is 5.11 Å². The van der Waals surface area contributed by atoms with Gasteiger partial charge in [-0.25, -0.2) is 0 Å². The van der Waals surface area contributed by atoms with Crippen LogP contribution in [0.3, 0.4) is 0 Å². The number of carbonyl (C=O) groups is 1. The van der Waals surface area contributed by atoms with E-state index in [9.17, 15) is 9.90 Å². The Morgan fingerprint density at radius 3 is 1.91 bits per heavy atom. The molecule has 0 aliphatic heterocycles. The summed E-state index contributed by atoms with van der Waals surface area (Å²) in [5.41, 5.74) is 0. The molecular formula is C20H32O3. The predicted octanol–water partition coefficient (Wildman–Crippen LogP) is 5.19. The summed E-state index contributed by atoms with van der Waals surface area (Å²) in [5, 5.41) is 17.9. The van der Waals surface area contributed by atoms with E-state index < -0.39 is 12.1 Å². The first-order valence-corrected chi connectivity index (χ1v) is 8.66. The number of aliphatic hydroxyl groups is 1. The number of hydrogen-bond donors (Lipinski definition) is 2. The Balaban J connectivity index is 3.52. The lowest BCUT2D eigenvalue weighted by atomic mass is 10.1. The highest BCUT2D eigenvalue weighted by Gasteiger charge is 2.06. The fourth-order valence-electron chi connectivity index (χ4n) is 1.98. The SMILES string of the molecule is CCCCC/C=C/C/C=C/C/C=C/C/C=C/CC(O)CC(=O)O. The Bertz CT molecular complexity index is 392. The van der Waals surface area contributed by atoms with Crippen LogP contribution in [0.4, 0.5) is 0 Å². The smallest absolute Gasteiger partial charge is 0.305 e. The van der Waals surface area contributed by atoms with Crippen molar-refractivity contribution < 1.29 is 15.0 Å². The van der Waals surface area contributed by atoms with E-state index in [1.54, 1.807) is 0 Å². The van der Waals surface area contributed by atoms with Gasteiger partial charge in [-0.2, -0.15) is 0 Å². The molecule has 0 saturated heterocycles. The standard InChI is InChI=1S/C20H32O3/c1-2-3-4-5-6-7-8-9-10-11-12-13-14-15-16-17-19(21)18-20(22)23/h6-7,9-10,12-13,15-16,19,21H,2-5,8,11,14,17-18H2,1H3,(H,22,23)/b7-6+,10-9+,13-12+,16-15+. The molecule has 1 atom stereocenters. The number of aliphatic carboxylic acids is 1. The third kappa shape index (κ3) is 18.3. The van der Waals surface area contributed by atoms with Gasteiger partial charge >= 0.3 is 5.97 Å². The maximum Gasteiger partial charge on any atom is 0.305 e. The zero-order chi connectivity index (χ0) is 17.2. The van der Waals surface area contributed by atoms with Crippen LogP contribution in [-0.4, -0.2) is 22.3 Å². The summed E-state index contributed by atoms with van der Waals surface area (Å²) in [4.78, 5) is 10.4. The zero-order valence-electron chi connectivity index (χ0n) is 14.4. The van der Waals surface area contributed by atoms with Crippen LogP contribution in [-0.2, 0) is 4.79 Å². The van der Waals surface area contributed by atoms with Crippen molar-refractivity contribution in [2.75, 3.05) is 0 Å². The lowest BCUT2D eigenvalue weighted by molar-refractivity contribution is -0.139. The van der Waals surface area contributed by atoms with Crippen LogP contribution in [0.1, 0.15) is 64.7 Å². The monoisotopic (exact) mass is 320 g/mol. The van der Waals surface area contributed by atoms with Gasteiger partial charge in [-0.3, -0.25) is 4.79 Å². The van der Waals surface area contributed by atoms with Gasteiger partial charge in [-0.15, -0.1) is 0 Å². The fourth-order valence-corrected chi connectivity index (χ4v) is 1.98. The molecule has 130 valence electrons. The number of carboxylic acids is 1. The van der Waals surface area contributed by atoms with E-state index in [-0.39, 0.29) is 6.42 Å². The zero-order valence-corrected chi connectivity index (χ0v) is 14.4. The molecular weight excluding hydrogens is 288 g/mol. The first kappa shape index (κ1) is 21.4. The van der Waals surface area contributed by atoms with Gasteiger partial charge in [0.1, 0.15) is 0 Å². The molecule has 2 N–H and O–H groups in total. The summed E-state index contributed by atoms with van der Waals surface area (Å²) >= 11 is 0. The molecule has 0 aromatic rings. The van der Waals surface area contributed by atoms with Gasteiger partial charge in [-0.1, -0.05) is 68.4 Å². The third-order valence-corrected chi connectivity index (χ3v) is 3.28. The second kappa shape index (κ2) is 16.8. The van der Waals surface area contributed by atoms with E-state index in [1.807, 2.05) is 12.2 Å². The van der Waals surface area contributed by atoms with E-state index in [1.165, 1.54) is 25.7 Å². The molecule has 0 fully saturated rings. The molecule has 0 spiro atoms. The summed E-state index contributed by atoms with van der Waals surface area (Å²) in [5.74, 6) is -0.964. The molecule has 0 heterocycles. The van der Waals surface area contributed by atoms with E-state index in [2.05, 4.69) is 43.4 Å². The molecule has 0 aliphatic carbocycles. The van der Waals surface area contributed by atoms with Crippen LogP contribution in [0.2, 0.25) is 0 Å². The van der Waals surface area contributed by atoms with Crippen molar-refractivity contribution in [3.63, 3.8) is 0 Å². The molecule has 0 aromatic carbocycles. The van der Waals surface area contributed by atoms with E-state index >= 15 is 0 Å². The minimum absolute atomic E-state index is 0.196. The van der Waals surface area contributed by atoms with Crippen molar-refractivity contribution in [3.8, 4) is 0 Å². The average Bonchev–Trinajstić information content (AvgIpc) is 2.50. The summed E-state index contributed by atoms with van der Waals surface area (Å²) in [6.45, 7) is 2.22. The van der Waals surface area contributed by atoms with Crippen molar-refractivity contribution in [2.45, 2.75) is 70.8 Å². The summed E-state index contributed by atoms with van der Waals surface area (Å²) in [6.07, 6.45) is 24.0. The molecule has 0 aliphatic rings. The normalized spacial score (nSPS) is 13.8. The van der Waals surface area contributed by atoms with Crippen molar-refractivity contribution in [1.82, 2.24) is 0 Å². The Kier molecular flexibility index (Phi) is 15.6. The van der Waals surface area contributed by atoms with Crippen LogP contribution >= 0.6 is 0 Å². The highest BCUT2D eigenvalue weighted by molar-refractivity contribution is 5.67. The lowest BCUT2D eigenvalue weighted by Gasteiger charge is -2.02. The lowest BCUT2D eigenvalue weighted by Crippen LogP contribution is -2.11. The molecule has 23 heavy (non-hydrogen) atoms. The van der Waals surface area contributed by atoms with Gasteiger partial charge in [0, 0.05) is 0 Å². The molecule has 0 bridgehead atoms. The molecule has 0 rings (SSSR count). The number of aliphatic hydroxyl groups excluding tert-OH is 1. The van der Waals surface area contributed by atoms with Gasteiger partial charge in [0.15, 0.2) is 0 Å². The Morgan fingerprint density at radius 1 is 0.870 bits per heavy atom. The van der Waals surface area contributed by atoms with Crippen molar-refractivity contribution >= 4 is 5.97 Å². The maximum atomic E-state index is 10.4. The van der Waals surface area contributed by atoms with Crippen LogP contribution in [0, 0.1) is 0 Å². The van der Waals surface area contributed by atoms with Crippen LogP contribution < -0.4 is 0 Å². The van der Waals surface area contributed by atoms with E-state index in [0.29, 0.717) is 6.42 Å². The van der Waals surface area contributed by atoms with Gasteiger partial charge in [0.2, 0.25) is 0 Å². The second-order valence-electron chi connectivity index (χ2n) is 5.58. The number of allylic oxidation sites excluding steroid dienone is 7. The number of hydrogen-bond acceptors (Lipinski definition) is 2. The van der Waals surface area contributed by atoms with Crippen LogP contribution in [0.25, 0.3) is 0 Å².